The summed E-state index contributed by atoms with van der Waals surface area (Å²) in [7, 11) is 0. The van der Waals surface area contributed by atoms with Crippen molar-refractivity contribution < 1.29 is 4.79 Å². The first kappa shape index (κ1) is 12.8. The van der Waals surface area contributed by atoms with Crippen LogP contribution in [0.3, 0.4) is 0 Å². The van der Waals surface area contributed by atoms with Gasteiger partial charge in [-0.1, -0.05) is 6.92 Å². The van der Waals surface area contributed by atoms with Crippen molar-refractivity contribution in [1.29, 1.82) is 0 Å². The molecule has 0 spiro atoms. The molecule has 2 N–H and O–H groups in total. The molecule has 2 fully saturated rings. The highest BCUT2D eigenvalue weighted by Gasteiger charge is 2.27. The van der Waals surface area contributed by atoms with Crippen LogP contribution < -0.4 is 10.6 Å². The molecule has 2 rings (SSSR count). The Labute approximate surface area is 104 Å². The van der Waals surface area contributed by atoms with Gasteiger partial charge in [0.05, 0.1) is 6.04 Å². The highest BCUT2D eigenvalue weighted by molar-refractivity contribution is 5.82. The average Bonchev–Trinajstić information content (AvgIpc) is 2.37. The summed E-state index contributed by atoms with van der Waals surface area (Å²) in [4.78, 5) is 16.5. The Morgan fingerprint density at radius 1 is 1.18 bits per heavy atom. The zero-order chi connectivity index (χ0) is 12.1. The van der Waals surface area contributed by atoms with Crippen molar-refractivity contribution in [1.82, 2.24) is 20.4 Å². The van der Waals surface area contributed by atoms with E-state index in [0.717, 1.165) is 58.8 Å². The molecule has 17 heavy (non-hydrogen) atoms. The molecule has 1 unspecified atom stereocenters. The summed E-state index contributed by atoms with van der Waals surface area (Å²) in [6, 6.07) is 0.0895. The third-order valence-electron chi connectivity index (χ3n) is 3.74. The van der Waals surface area contributed by atoms with Crippen LogP contribution in [0.4, 0.5) is 0 Å². The molecule has 5 nitrogen and oxygen atoms in total. The Bertz CT molecular complexity index is 253. The van der Waals surface area contributed by atoms with E-state index in [1.165, 1.54) is 0 Å². The van der Waals surface area contributed by atoms with Gasteiger partial charge in [-0.3, -0.25) is 14.6 Å². The van der Waals surface area contributed by atoms with E-state index in [4.69, 9.17) is 0 Å². The third kappa shape index (κ3) is 3.40. The van der Waals surface area contributed by atoms with E-state index in [1.54, 1.807) is 0 Å². The summed E-state index contributed by atoms with van der Waals surface area (Å²) in [6.07, 6.45) is 0.910. The van der Waals surface area contributed by atoms with E-state index in [0.29, 0.717) is 0 Å². The first-order valence-electron chi connectivity index (χ1n) is 6.76. The minimum atomic E-state index is 0.0895. The minimum absolute atomic E-state index is 0.0895. The maximum atomic E-state index is 11.7. The Morgan fingerprint density at radius 2 is 1.94 bits per heavy atom. The maximum absolute atomic E-state index is 11.7. The van der Waals surface area contributed by atoms with Gasteiger partial charge in [0, 0.05) is 52.4 Å². The summed E-state index contributed by atoms with van der Waals surface area (Å²) in [5, 5.41) is 6.31. The average molecular weight is 240 g/mol. The maximum Gasteiger partial charge on any atom is 0.237 e. The Kier molecular flexibility index (Phi) is 4.76. The highest BCUT2D eigenvalue weighted by Crippen LogP contribution is 2.08. The van der Waals surface area contributed by atoms with Gasteiger partial charge in [0.15, 0.2) is 0 Å². The minimum Gasteiger partial charge on any atom is -0.353 e. The molecule has 2 saturated heterocycles. The molecule has 5 heteroatoms. The lowest BCUT2D eigenvalue weighted by molar-refractivity contribution is -0.129. The molecule has 0 aromatic carbocycles. The van der Waals surface area contributed by atoms with E-state index in [1.807, 2.05) is 0 Å². The van der Waals surface area contributed by atoms with Crippen molar-refractivity contribution in [2.75, 3.05) is 52.4 Å². The quantitative estimate of drug-likeness (QED) is 0.669. The Morgan fingerprint density at radius 3 is 2.65 bits per heavy atom. The van der Waals surface area contributed by atoms with Gasteiger partial charge in [0.25, 0.3) is 0 Å². The number of carbonyl (C=O) groups is 1. The summed E-state index contributed by atoms with van der Waals surface area (Å²) in [6.45, 7) is 10.5. The second kappa shape index (κ2) is 6.33. The zero-order valence-corrected chi connectivity index (χ0v) is 10.7. The SMILES string of the molecule is CCC1C(=O)NCCN1CCN1CCNCC1. The van der Waals surface area contributed by atoms with Gasteiger partial charge in [-0.2, -0.15) is 0 Å². The predicted molar refractivity (Wildman–Crippen MR) is 68.0 cm³/mol. The third-order valence-corrected chi connectivity index (χ3v) is 3.74. The molecule has 0 saturated carbocycles. The number of piperazine rings is 2. The molecule has 1 amide bonds. The van der Waals surface area contributed by atoms with Crippen molar-refractivity contribution in [2.24, 2.45) is 0 Å². The van der Waals surface area contributed by atoms with Crippen molar-refractivity contribution in [3.8, 4) is 0 Å². The van der Waals surface area contributed by atoms with Gasteiger partial charge in [0.2, 0.25) is 5.91 Å². The molecule has 0 radical (unpaired) electrons. The fourth-order valence-electron chi connectivity index (χ4n) is 2.68. The molecule has 0 aromatic rings. The molecule has 2 heterocycles. The van der Waals surface area contributed by atoms with E-state index < -0.39 is 0 Å². The van der Waals surface area contributed by atoms with Crippen molar-refractivity contribution in [2.45, 2.75) is 19.4 Å². The Hall–Kier alpha value is -0.650. The van der Waals surface area contributed by atoms with Gasteiger partial charge in [-0.05, 0) is 6.42 Å². The number of carbonyl (C=O) groups excluding carboxylic acids is 1. The van der Waals surface area contributed by atoms with Crippen LogP contribution in [0.5, 0.6) is 0 Å². The lowest BCUT2D eigenvalue weighted by atomic mass is 10.1. The summed E-state index contributed by atoms with van der Waals surface area (Å²) in [5.74, 6) is 0.207. The Balaban J connectivity index is 1.78. The number of nitrogens with zero attached hydrogens (tertiary/aromatic N) is 2. The monoisotopic (exact) mass is 240 g/mol. The van der Waals surface area contributed by atoms with Gasteiger partial charge in [-0.25, -0.2) is 0 Å². The normalized spacial score (nSPS) is 28.1. The van der Waals surface area contributed by atoms with Crippen LogP contribution >= 0.6 is 0 Å². The lowest BCUT2D eigenvalue weighted by Crippen LogP contribution is -2.57. The number of amides is 1. The first-order chi connectivity index (χ1) is 8.31. The smallest absolute Gasteiger partial charge is 0.237 e. The number of hydrogen-bond acceptors (Lipinski definition) is 4. The second-order valence-electron chi connectivity index (χ2n) is 4.84. The van der Waals surface area contributed by atoms with Crippen LogP contribution in [0.1, 0.15) is 13.3 Å². The van der Waals surface area contributed by atoms with Crippen molar-refractivity contribution in [3.05, 3.63) is 0 Å². The van der Waals surface area contributed by atoms with Crippen LogP contribution in [0.15, 0.2) is 0 Å². The molecule has 0 aromatic heterocycles. The standard InChI is InChI=1S/C12H24N4O/c1-2-11-12(17)14-5-8-16(11)10-9-15-6-3-13-4-7-15/h11,13H,2-10H2,1H3,(H,14,17). The number of nitrogens with one attached hydrogen (secondary N) is 2. The van der Waals surface area contributed by atoms with Crippen LogP contribution in [-0.4, -0.2) is 74.1 Å². The highest BCUT2D eigenvalue weighted by atomic mass is 16.2. The molecule has 1 atom stereocenters. The van der Waals surface area contributed by atoms with E-state index in [-0.39, 0.29) is 11.9 Å². The summed E-state index contributed by atoms with van der Waals surface area (Å²) >= 11 is 0. The van der Waals surface area contributed by atoms with Gasteiger partial charge >= 0.3 is 0 Å². The lowest BCUT2D eigenvalue weighted by Gasteiger charge is -2.36. The van der Waals surface area contributed by atoms with Crippen LogP contribution in [0.25, 0.3) is 0 Å². The second-order valence-corrected chi connectivity index (χ2v) is 4.84. The summed E-state index contributed by atoms with van der Waals surface area (Å²) in [5.41, 5.74) is 0. The van der Waals surface area contributed by atoms with Crippen LogP contribution in [0, 0.1) is 0 Å². The van der Waals surface area contributed by atoms with E-state index in [9.17, 15) is 4.79 Å². The molecule has 2 aliphatic heterocycles. The topological polar surface area (TPSA) is 47.6 Å². The van der Waals surface area contributed by atoms with Gasteiger partial charge < -0.3 is 10.6 Å². The summed E-state index contributed by atoms with van der Waals surface area (Å²) < 4.78 is 0. The first-order valence-corrected chi connectivity index (χ1v) is 6.76. The fraction of sp³-hybridized carbons (Fsp3) is 0.917. The van der Waals surface area contributed by atoms with E-state index in [2.05, 4.69) is 27.4 Å². The largest absolute Gasteiger partial charge is 0.353 e. The van der Waals surface area contributed by atoms with Gasteiger partial charge in [0.1, 0.15) is 0 Å². The van der Waals surface area contributed by atoms with E-state index >= 15 is 0 Å². The number of hydrogen-bond donors (Lipinski definition) is 2. The fourth-order valence-corrected chi connectivity index (χ4v) is 2.68. The van der Waals surface area contributed by atoms with Crippen molar-refractivity contribution in [3.63, 3.8) is 0 Å². The molecule has 0 bridgehead atoms. The van der Waals surface area contributed by atoms with Crippen molar-refractivity contribution >= 4 is 5.91 Å². The predicted octanol–water partition coefficient (Wildman–Crippen LogP) is -0.898. The van der Waals surface area contributed by atoms with Crippen LogP contribution in [0.2, 0.25) is 0 Å². The molecule has 98 valence electrons. The van der Waals surface area contributed by atoms with Crippen LogP contribution in [-0.2, 0) is 4.79 Å². The van der Waals surface area contributed by atoms with Gasteiger partial charge in [-0.15, -0.1) is 0 Å². The molecule has 2 aliphatic rings. The number of rotatable bonds is 4. The molecular formula is C12H24N4O. The molecular weight excluding hydrogens is 216 g/mol. The zero-order valence-electron chi connectivity index (χ0n) is 10.7. The molecule has 0 aliphatic carbocycles.